The van der Waals surface area contributed by atoms with Crippen molar-refractivity contribution in [3.05, 3.63) is 33.1 Å². The second-order valence-electron chi connectivity index (χ2n) is 6.06. The van der Waals surface area contributed by atoms with Crippen molar-refractivity contribution < 1.29 is 9.18 Å². The van der Waals surface area contributed by atoms with Gasteiger partial charge in [0.05, 0.1) is 5.56 Å². The topological polar surface area (TPSA) is 29.1 Å². The summed E-state index contributed by atoms with van der Waals surface area (Å²) in [7, 11) is 0. The predicted molar refractivity (Wildman–Crippen MR) is 82.6 cm³/mol. The minimum absolute atomic E-state index is 0.0906. The second-order valence-corrected chi connectivity index (χ2v) is 7.22. The zero-order valence-corrected chi connectivity index (χ0v) is 13.5. The third kappa shape index (κ3) is 3.91. The number of rotatable bonds is 2. The van der Waals surface area contributed by atoms with Gasteiger partial charge in [0.2, 0.25) is 0 Å². The fraction of sp³-hybridized carbons (Fsp3) is 0.533. The molecule has 19 heavy (non-hydrogen) atoms. The first-order valence-electron chi connectivity index (χ1n) is 6.63. The molecule has 1 saturated carbocycles. The summed E-state index contributed by atoms with van der Waals surface area (Å²) >= 11 is 2.00. The van der Waals surface area contributed by atoms with Crippen LogP contribution in [0, 0.1) is 14.8 Å². The molecule has 0 radical (unpaired) electrons. The molecular formula is C15H19FINO. The molecule has 104 valence electrons. The largest absolute Gasteiger partial charge is 0.349 e. The van der Waals surface area contributed by atoms with Gasteiger partial charge in [0.1, 0.15) is 5.82 Å². The molecule has 1 atom stereocenters. The minimum atomic E-state index is -0.306. The highest BCUT2D eigenvalue weighted by atomic mass is 127. The maximum Gasteiger partial charge on any atom is 0.252 e. The van der Waals surface area contributed by atoms with Crippen molar-refractivity contribution >= 4 is 28.5 Å². The Bertz CT molecular complexity index is 487. The highest BCUT2D eigenvalue weighted by Gasteiger charge is 2.29. The lowest BCUT2D eigenvalue weighted by Crippen LogP contribution is -2.40. The molecule has 0 aromatic heterocycles. The monoisotopic (exact) mass is 375 g/mol. The van der Waals surface area contributed by atoms with E-state index in [2.05, 4.69) is 19.2 Å². The second kappa shape index (κ2) is 5.77. The molecule has 1 aromatic carbocycles. The number of carbonyl (C=O) groups excluding carboxylic acids is 1. The number of halogens is 2. The molecular weight excluding hydrogens is 356 g/mol. The smallest absolute Gasteiger partial charge is 0.252 e. The standard InChI is InChI=1S/C15H19FINO/c1-15(2)7-3-4-11(9-15)18-14(19)12-6-5-10(16)8-13(12)17/h5-6,8,11H,3-4,7,9H2,1-2H3,(H,18,19). The minimum Gasteiger partial charge on any atom is -0.349 e. The first-order valence-corrected chi connectivity index (χ1v) is 7.71. The Morgan fingerprint density at radius 1 is 1.47 bits per heavy atom. The zero-order valence-electron chi connectivity index (χ0n) is 11.3. The van der Waals surface area contributed by atoms with Crippen LogP contribution in [0.2, 0.25) is 0 Å². The van der Waals surface area contributed by atoms with Crippen molar-refractivity contribution in [1.29, 1.82) is 0 Å². The van der Waals surface area contributed by atoms with Crippen LogP contribution in [0.3, 0.4) is 0 Å². The Balaban J connectivity index is 2.04. The third-order valence-corrected chi connectivity index (χ3v) is 4.61. The van der Waals surface area contributed by atoms with Crippen molar-refractivity contribution in [3.8, 4) is 0 Å². The molecule has 0 saturated heterocycles. The summed E-state index contributed by atoms with van der Waals surface area (Å²) in [6.07, 6.45) is 4.41. The third-order valence-electron chi connectivity index (χ3n) is 3.72. The highest BCUT2D eigenvalue weighted by Crippen LogP contribution is 2.35. The van der Waals surface area contributed by atoms with Crippen LogP contribution in [0.1, 0.15) is 49.9 Å². The summed E-state index contributed by atoms with van der Waals surface area (Å²) < 4.78 is 13.7. The van der Waals surface area contributed by atoms with Crippen LogP contribution in [0.15, 0.2) is 18.2 Å². The molecule has 1 N–H and O–H groups in total. The van der Waals surface area contributed by atoms with Crippen molar-refractivity contribution in [2.24, 2.45) is 5.41 Å². The van der Waals surface area contributed by atoms with Crippen LogP contribution in [0.5, 0.6) is 0 Å². The molecule has 4 heteroatoms. The van der Waals surface area contributed by atoms with Crippen LogP contribution in [-0.2, 0) is 0 Å². The summed E-state index contributed by atoms with van der Waals surface area (Å²) in [4.78, 5) is 12.2. The van der Waals surface area contributed by atoms with E-state index in [0.29, 0.717) is 14.5 Å². The summed E-state index contributed by atoms with van der Waals surface area (Å²) in [5.41, 5.74) is 0.858. The van der Waals surface area contributed by atoms with Gasteiger partial charge in [-0.3, -0.25) is 4.79 Å². The number of hydrogen-bond acceptors (Lipinski definition) is 1. The van der Waals surface area contributed by atoms with E-state index in [-0.39, 0.29) is 17.8 Å². The summed E-state index contributed by atoms with van der Waals surface area (Å²) in [5, 5.41) is 3.08. The summed E-state index contributed by atoms with van der Waals surface area (Å²) in [6.45, 7) is 4.49. The fourth-order valence-electron chi connectivity index (χ4n) is 2.76. The molecule has 0 heterocycles. The Hall–Kier alpha value is -0.650. The molecule has 1 aliphatic rings. The molecule has 2 nitrogen and oxygen atoms in total. The van der Waals surface area contributed by atoms with E-state index in [1.54, 1.807) is 6.07 Å². The van der Waals surface area contributed by atoms with Crippen molar-refractivity contribution in [1.82, 2.24) is 5.32 Å². The Kier molecular flexibility index (Phi) is 4.48. The number of nitrogens with one attached hydrogen (secondary N) is 1. The number of amides is 1. The molecule has 0 bridgehead atoms. The van der Waals surface area contributed by atoms with E-state index < -0.39 is 0 Å². The van der Waals surface area contributed by atoms with Gasteiger partial charge >= 0.3 is 0 Å². The van der Waals surface area contributed by atoms with E-state index in [9.17, 15) is 9.18 Å². The van der Waals surface area contributed by atoms with Gasteiger partial charge in [0, 0.05) is 9.61 Å². The lowest BCUT2D eigenvalue weighted by molar-refractivity contribution is 0.0901. The maximum absolute atomic E-state index is 13.0. The van der Waals surface area contributed by atoms with E-state index in [1.165, 1.54) is 18.6 Å². The van der Waals surface area contributed by atoms with Crippen molar-refractivity contribution in [3.63, 3.8) is 0 Å². The molecule has 1 aliphatic carbocycles. The number of carbonyl (C=O) groups is 1. The molecule has 2 rings (SSSR count). The summed E-state index contributed by atoms with van der Waals surface area (Å²) in [5.74, 6) is -0.396. The number of hydrogen-bond donors (Lipinski definition) is 1. The first-order chi connectivity index (χ1) is 8.87. The summed E-state index contributed by atoms with van der Waals surface area (Å²) in [6, 6.07) is 4.51. The van der Waals surface area contributed by atoms with Gasteiger partial charge < -0.3 is 5.32 Å². The predicted octanol–water partition coefficient (Wildman–Crippen LogP) is 4.13. The maximum atomic E-state index is 13.0. The Morgan fingerprint density at radius 3 is 2.84 bits per heavy atom. The molecule has 0 spiro atoms. The van der Waals surface area contributed by atoms with E-state index in [4.69, 9.17) is 0 Å². The quantitative estimate of drug-likeness (QED) is 0.774. The SMILES string of the molecule is CC1(C)CCCC(NC(=O)c2ccc(F)cc2I)C1. The molecule has 1 unspecified atom stereocenters. The van der Waals surface area contributed by atoms with Crippen LogP contribution >= 0.6 is 22.6 Å². The molecule has 1 aromatic rings. The Morgan fingerprint density at radius 2 is 2.21 bits per heavy atom. The number of benzene rings is 1. The van der Waals surface area contributed by atoms with E-state index in [1.807, 2.05) is 22.6 Å². The fourth-order valence-corrected chi connectivity index (χ4v) is 3.48. The first kappa shape index (κ1) is 14.8. The van der Waals surface area contributed by atoms with Gasteiger partial charge in [-0.15, -0.1) is 0 Å². The van der Waals surface area contributed by atoms with Gasteiger partial charge in [-0.25, -0.2) is 4.39 Å². The van der Waals surface area contributed by atoms with Gasteiger partial charge in [0.25, 0.3) is 5.91 Å². The normalized spacial score (nSPS) is 22.0. The van der Waals surface area contributed by atoms with Crippen molar-refractivity contribution in [2.75, 3.05) is 0 Å². The zero-order chi connectivity index (χ0) is 14.0. The lowest BCUT2D eigenvalue weighted by Gasteiger charge is -2.35. The van der Waals surface area contributed by atoms with Crippen LogP contribution in [-0.4, -0.2) is 11.9 Å². The van der Waals surface area contributed by atoms with Crippen LogP contribution in [0.4, 0.5) is 4.39 Å². The van der Waals surface area contributed by atoms with E-state index in [0.717, 1.165) is 19.3 Å². The van der Waals surface area contributed by atoms with E-state index >= 15 is 0 Å². The van der Waals surface area contributed by atoms with Gasteiger partial charge in [-0.05, 0) is 65.5 Å². The average molecular weight is 375 g/mol. The van der Waals surface area contributed by atoms with Gasteiger partial charge in [-0.2, -0.15) is 0 Å². The molecule has 0 aliphatic heterocycles. The van der Waals surface area contributed by atoms with Gasteiger partial charge in [-0.1, -0.05) is 20.3 Å². The van der Waals surface area contributed by atoms with Crippen LogP contribution < -0.4 is 5.32 Å². The lowest BCUT2D eigenvalue weighted by atomic mass is 9.75. The average Bonchev–Trinajstić information content (AvgIpc) is 2.27. The Labute approximate surface area is 127 Å². The molecule has 1 fully saturated rings. The molecule has 1 amide bonds. The highest BCUT2D eigenvalue weighted by molar-refractivity contribution is 14.1. The van der Waals surface area contributed by atoms with Gasteiger partial charge in [0.15, 0.2) is 0 Å². The van der Waals surface area contributed by atoms with Crippen molar-refractivity contribution in [2.45, 2.75) is 45.6 Å². The van der Waals surface area contributed by atoms with Crippen LogP contribution in [0.25, 0.3) is 0 Å².